The van der Waals surface area contributed by atoms with Crippen molar-refractivity contribution in [2.24, 2.45) is 5.84 Å². The van der Waals surface area contributed by atoms with Crippen molar-refractivity contribution in [1.82, 2.24) is 15.4 Å². The number of hydrogen-bond donors (Lipinski definition) is 3. The number of nitrogens with two attached hydrogens (primary N) is 1. The first-order chi connectivity index (χ1) is 5.40. The van der Waals surface area contributed by atoms with Crippen LogP contribution in [0.25, 0.3) is 11.0 Å². The van der Waals surface area contributed by atoms with Gasteiger partial charge >= 0.3 is 0 Å². The van der Waals surface area contributed by atoms with Crippen LogP contribution in [0, 0.1) is 0 Å². The third-order valence-corrected chi connectivity index (χ3v) is 1.49. The molecule has 0 saturated heterocycles. The molecule has 9 heteroatoms. The summed E-state index contributed by atoms with van der Waals surface area (Å²) in [6, 6.07) is 5.53. The van der Waals surface area contributed by atoms with Crippen LogP contribution < -0.4 is 11.3 Å². The minimum absolute atomic E-state index is 0. The zero-order valence-corrected chi connectivity index (χ0v) is 10.6. The van der Waals surface area contributed by atoms with Crippen LogP contribution >= 0.6 is 49.6 Å². The van der Waals surface area contributed by atoms with Crippen LogP contribution in [0.3, 0.4) is 0 Å². The number of H-pyrrole nitrogens is 1. The summed E-state index contributed by atoms with van der Waals surface area (Å²) in [5.41, 5.74) is 5.07. The summed E-state index contributed by atoms with van der Waals surface area (Å²) in [4.78, 5) is 0. The average Bonchev–Trinajstić information content (AvgIpc) is 2.50. The van der Waals surface area contributed by atoms with Gasteiger partial charge in [0.25, 0.3) is 0 Å². The maximum absolute atomic E-state index is 5.20. The molecule has 0 aliphatic heterocycles. The van der Waals surface area contributed by atoms with E-state index in [0.717, 1.165) is 16.7 Å². The number of benzene rings is 1. The Morgan fingerprint density at radius 3 is 2.40 bits per heavy atom. The Morgan fingerprint density at radius 1 is 1.13 bits per heavy atom. The van der Waals surface area contributed by atoms with Crippen LogP contribution in [-0.4, -0.2) is 15.4 Å². The maximum Gasteiger partial charge on any atom is 0.115 e. The molecule has 0 radical (unpaired) electrons. The second-order valence-electron chi connectivity index (χ2n) is 2.19. The highest BCUT2D eigenvalue weighted by Gasteiger charge is 1.96. The number of nitrogens with one attached hydrogen (secondary N) is 2. The predicted molar refractivity (Wildman–Crippen MR) is 70.7 cm³/mol. The number of nitrogen functional groups attached to an aromatic ring is 1. The molecule has 0 spiro atoms. The lowest BCUT2D eigenvalue weighted by atomic mass is 10.3. The Balaban J connectivity index is -0.000000360. The monoisotopic (exact) mass is 293 g/mol. The van der Waals surface area contributed by atoms with Gasteiger partial charge in [0.15, 0.2) is 0 Å². The number of hydrazine groups is 1. The van der Waals surface area contributed by atoms with Gasteiger partial charge in [0.1, 0.15) is 5.52 Å². The first-order valence-electron chi connectivity index (χ1n) is 3.17. The second-order valence-corrected chi connectivity index (χ2v) is 2.19. The van der Waals surface area contributed by atoms with E-state index in [2.05, 4.69) is 20.8 Å². The van der Waals surface area contributed by atoms with E-state index in [0.29, 0.717) is 0 Å². The number of hydrogen-bond acceptors (Lipinski definition) is 4. The molecule has 0 amide bonds. The molecule has 0 atom stereocenters. The number of aromatic amines is 1. The lowest BCUT2D eigenvalue weighted by Gasteiger charge is -1.96. The van der Waals surface area contributed by atoms with E-state index < -0.39 is 0 Å². The van der Waals surface area contributed by atoms with Crippen LogP contribution in [0.2, 0.25) is 0 Å². The largest absolute Gasteiger partial charge is 0.324 e. The maximum atomic E-state index is 5.20. The molecule has 2 rings (SSSR count). The molecule has 1 heterocycles. The summed E-state index contributed by atoms with van der Waals surface area (Å²) in [7, 11) is 0. The van der Waals surface area contributed by atoms with Crippen molar-refractivity contribution in [2.45, 2.75) is 0 Å². The fourth-order valence-corrected chi connectivity index (χ4v) is 0.931. The second kappa shape index (κ2) is 8.82. The summed E-state index contributed by atoms with van der Waals surface area (Å²) in [5.74, 6) is 5.20. The summed E-state index contributed by atoms with van der Waals surface area (Å²) < 4.78 is 0. The van der Waals surface area contributed by atoms with Crippen LogP contribution in [0.4, 0.5) is 5.69 Å². The van der Waals surface area contributed by atoms with Gasteiger partial charge < -0.3 is 5.43 Å². The lowest BCUT2D eigenvalue weighted by molar-refractivity contribution is 0.959. The third-order valence-electron chi connectivity index (χ3n) is 1.49. The van der Waals surface area contributed by atoms with E-state index in [1.54, 1.807) is 0 Å². The smallest absolute Gasteiger partial charge is 0.115 e. The highest BCUT2D eigenvalue weighted by atomic mass is 35.5. The first kappa shape index (κ1) is 20.0. The molecule has 88 valence electrons. The summed E-state index contributed by atoms with van der Waals surface area (Å²) in [5, 5.41) is 10.2. The van der Waals surface area contributed by atoms with E-state index >= 15 is 0 Å². The standard InChI is InChI=1S/C6H7N5.4ClH/c7-8-4-1-2-5-6(3-4)10-11-9-5;;;;/h1-3,8H,7H2,(H,9,10,11);4*1H. The van der Waals surface area contributed by atoms with Crippen LogP contribution in [0.5, 0.6) is 0 Å². The van der Waals surface area contributed by atoms with E-state index in [4.69, 9.17) is 5.84 Å². The van der Waals surface area contributed by atoms with Crippen molar-refractivity contribution in [3.63, 3.8) is 0 Å². The van der Waals surface area contributed by atoms with Gasteiger partial charge in [0.2, 0.25) is 0 Å². The van der Waals surface area contributed by atoms with Gasteiger partial charge in [-0.25, -0.2) is 0 Å². The fourth-order valence-electron chi connectivity index (χ4n) is 0.931. The quantitative estimate of drug-likeness (QED) is 0.555. The van der Waals surface area contributed by atoms with Crippen LogP contribution in [-0.2, 0) is 0 Å². The van der Waals surface area contributed by atoms with E-state index in [9.17, 15) is 0 Å². The SMILES string of the molecule is Cl.Cl.Cl.Cl.NNc1ccc2[nH]nnc2c1. The molecule has 4 N–H and O–H groups in total. The Hall–Kier alpha value is -0.460. The normalized spacial score (nSPS) is 7.53. The third kappa shape index (κ3) is 4.27. The summed E-state index contributed by atoms with van der Waals surface area (Å²) in [6.45, 7) is 0. The Kier molecular flexibility index (Phi) is 11.8. The molecular formula is C6H11Cl4N5. The Labute approximate surface area is 111 Å². The van der Waals surface area contributed by atoms with E-state index in [-0.39, 0.29) is 49.6 Å². The molecule has 0 aliphatic carbocycles. The number of fused-ring (bicyclic) bond motifs is 1. The minimum atomic E-state index is 0. The summed E-state index contributed by atoms with van der Waals surface area (Å²) >= 11 is 0. The molecule has 0 unspecified atom stereocenters. The van der Waals surface area contributed by atoms with Crippen LogP contribution in [0.1, 0.15) is 0 Å². The fraction of sp³-hybridized carbons (Fsp3) is 0. The molecule has 2 aromatic rings. The van der Waals surface area contributed by atoms with E-state index in [1.807, 2.05) is 18.2 Å². The van der Waals surface area contributed by atoms with Crippen molar-refractivity contribution in [2.75, 3.05) is 5.43 Å². The van der Waals surface area contributed by atoms with Gasteiger partial charge in [-0.05, 0) is 18.2 Å². The molecule has 0 saturated carbocycles. The molecule has 1 aromatic heterocycles. The zero-order valence-electron chi connectivity index (χ0n) is 7.34. The molecule has 15 heavy (non-hydrogen) atoms. The van der Waals surface area contributed by atoms with Crippen molar-refractivity contribution < 1.29 is 0 Å². The first-order valence-corrected chi connectivity index (χ1v) is 3.17. The molecule has 0 aliphatic rings. The van der Waals surface area contributed by atoms with Gasteiger partial charge in [-0.2, -0.15) is 0 Å². The Bertz CT molecular complexity index is 378. The van der Waals surface area contributed by atoms with E-state index in [1.165, 1.54) is 0 Å². The van der Waals surface area contributed by atoms with Gasteiger partial charge in [-0.3, -0.25) is 10.9 Å². The molecule has 0 fully saturated rings. The highest BCUT2D eigenvalue weighted by molar-refractivity contribution is 5.86. The summed E-state index contributed by atoms with van der Waals surface area (Å²) in [6.07, 6.45) is 0. The lowest BCUT2D eigenvalue weighted by Crippen LogP contribution is -2.05. The number of halogens is 4. The van der Waals surface area contributed by atoms with Crippen molar-refractivity contribution in [3.8, 4) is 0 Å². The van der Waals surface area contributed by atoms with Gasteiger partial charge in [0.05, 0.1) is 11.2 Å². The van der Waals surface area contributed by atoms with Gasteiger partial charge in [-0.15, -0.1) is 54.7 Å². The molecule has 5 nitrogen and oxygen atoms in total. The zero-order chi connectivity index (χ0) is 7.68. The van der Waals surface area contributed by atoms with Crippen LogP contribution in [0.15, 0.2) is 18.2 Å². The van der Waals surface area contributed by atoms with Crippen molar-refractivity contribution in [1.29, 1.82) is 0 Å². The van der Waals surface area contributed by atoms with Gasteiger partial charge in [0, 0.05) is 0 Å². The number of rotatable bonds is 1. The molecule has 0 bridgehead atoms. The minimum Gasteiger partial charge on any atom is -0.324 e. The van der Waals surface area contributed by atoms with Crippen molar-refractivity contribution in [3.05, 3.63) is 18.2 Å². The topological polar surface area (TPSA) is 79.6 Å². The average molecular weight is 295 g/mol. The van der Waals surface area contributed by atoms with Gasteiger partial charge in [-0.1, -0.05) is 5.21 Å². The number of nitrogens with zero attached hydrogens (tertiary/aromatic N) is 2. The number of aromatic nitrogens is 3. The van der Waals surface area contributed by atoms with Crippen molar-refractivity contribution >= 4 is 66.3 Å². The molecular weight excluding hydrogens is 284 g/mol. The Morgan fingerprint density at radius 2 is 1.80 bits per heavy atom. The number of anilines is 1. The highest BCUT2D eigenvalue weighted by Crippen LogP contribution is 2.12. The predicted octanol–water partition coefficient (Wildman–Crippen LogP) is 1.93. The molecule has 1 aromatic carbocycles.